The Bertz CT molecular complexity index is 415. The molecule has 0 spiro atoms. The van der Waals surface area contributed by atoms with E-state index in [0.717, 1.165) is 12.4 Å². The molecule has 0 amide bonds. The maximum absolute atomic E-state index is 5.85. The van der Waals surface area contributed by atoms with Gasteiger partial charge in [-0.3, -0.25) is 0 Å². The smallest absolute Gasteiger partial charge is 0.103 e. The summed E-state index contributed by atoms with van der Waals surface area (Å²) in [5, 5.41) is 0. The highest BCUT2D eigenvalue weighted by Gasteiger charge is 2.02. The van der Waals surface area contributed by atoms with Crippen LogP contribution in [-0.2, 0) is 6.54 Å². The SMILES string of the molecule is CCn1cc(-c2ccccc2)cc1N. The third-order valence-electron chi connectivity index (χ3n) is 2.38. The minimum absolute atomic E-state index is 0.825. The highest BCUT2D eigenvalue weighted by atomic mass is 15.0. The molecule has 0 saturated carbocycles. The van der Waals surface area contributed by atoms with Crippen molar-refractivity contribution in [1.82, 2.24) is 4.57 Å². The molecule has 2 heteroatoms. The van der Waals surface area contributed by atoms with Crippen LogP contribution in [0.25, 0.3) is 11.1 Å². The summed E-state index contributed by atoms with van der Waals surface area (Å²) in [5.74, 6) is 0.825. The second-order valence-electron chi connectivity index (χ2n) is 3.31. The van der Waals surface area contributed by atoms with E-state index in [-0.39, 0.29) is 0 Å². The van der Waals surface area contributed by atoms with E-state index in [2.05, 4.69) is 25.3 Å². The number of hydrogen-bond donors (Lipinski definition) is 1. The van der Waals surface area contributed by atoms with E-state index in [1.807, 2.05) is 28.8 Å². The molecular formula is C12H14N2. The normalized spacial score (nSPS) is 10.4. The fourth-order valence-corrected chi connectivity index (χ4v) is 1.58. The second kappa shape index (κ2) is 3.58. The Labute approximate surface area is 84.0 Å². The summed E-state index contributed by atoms with van der Waals surface area (Å²) in [4.78, 5) is 0. The van der Waals surface area contributed by atoms with Crippen molar-refractivity contribution in [1.29, 1.82) is 0 Å². The Morgan fingerprint density at radius 3 is 2.43 bits per heavy atom. The zero-order chi connectivity index (χ0) is 9.97. The average Bonchev–Trinajstić information content (AvgIpc) is 2.61. The van der Waals surface area contributed by atoms with E-state index in [1.54, 1.807) is 0 Å². The van der Waals surface area contributed by atoms with E-state index in [0.29, 0.717) is 0 Å². The number of anilines is 1. The first kappa shape index (κ1) is 8.88. The van der Waals surface area contributed by atoms with Crippen LogP contribution in [-0.4, -0.2) is 4.57 Å². The minimum atomic E-state index is 0.825. The van der Waals surface area contributed by atoms with Crippen LogP contribution in [0.15, 0.2) is 42.6 Å². The van der Waals surface area contributed by atoms with Gasteiger partial charge in [0.05, 0.1) is 0 Å². The van der Waals surface area contributed by atoms with Gasteiger partial charge < -0.3 is 10.3 Å². The maximum Gasteiger partial charge on any atom is 0.103 e. The van der Waals surface area contributed by atoms with Gasteiger partial charge in [0.2, 0.25) is 0 Å². The first-order valence-electron chi connectivity index (χ1n) is 4.82. The van der Waals surface area contributed by atoms with Crippen LogP contribution in [0, 0.1) is 0 Å². The van der Waals surface area contributed by atoms with E-state index >= 15 is 0 Å². The first-order valence-corrected chi connectivity index (χ1v) is 4.82. The standard InChI is InChI=1S/C12H14N2/c1-2-14-9-11(8-12(14)13)10-6-4-3-5-7-10/h3-9H,2,13H2,1H3. The van der Waals surface area contributed by atoms with Crippen molar-refractivity contribution >= 4 is 5.82 Å². The number of rotatable bonds is 2. The van der Waals surface area contributed by atoms with Crippen molar-refractivity contribution in [3.8, 4) is 11.1 Å². The Balaban J connectivity index is 2.43. The summed E-state index contributed by atoms with van der Waals surface area (Å²) in [7, 11) is 0. The van der Waals surface area contributed by atoms with Crippen molar-refractivity contribution in [2.45, 2.75) is 13.5 Å². The molecule has 0 radical (unpaired) electrons. The number of benzene rings is 1. The Morgan fingerprint density at radius 2 is 1.86 bits per heavy atom. The summed E-state index contributed by atoms with van der Waals surface area (Å²) >= 11 is 0. The molecule has 2 N–H and O–H groups in total. The number of aryl methyl sites for hydroxylation is 1. The van der Waals surface area contributed by atoms with Crippen LogP contribution < -0.4 is 5.73 Å². The summed E-state index contributed by atoms with van der Waals surface area (Å²) in [6, 6.07) is 12.3. The third kappa shape index (κ3) is 1.51. The number of nitrogens with zero attached hydrogens (tertiary/aromatic N) is 1. The molecular weight excluding hydrogens is 172 g/mol. The van der Waals surface area contributed by atoms with Gasteiger partial charge in [-0.15, -0.1) is 0 Å². The third-order valence-corrected chi connectivity index (χ3v) is 2.38. The quantitative estimate of drug-likeness (QED) is 0.768. The monoisotopic (exact) mass is 186 g/mol. The Hall–Kier alpha value is -1.70. The van der Waals surface area contributed by atoms with Crippen LogP contribution in [0.2, 0.25) is 0 Å². The lowest BCUT2D eigenvalue weighted by atomic mass is 10.1. The molecule has 0 bridgehead atoms. The zero-order valence-corrected chi connectivity index (χ0v) is 8.27. The molecule has 2 aromatic rings. The molecule has 0 fully saturated rings. The lowest BCUT2D eigenvalue weighted by Crippen LogP contribution is -1.97. The van der Waals surface area contributed by atoms with E-state index in [1.165, 1.54) is 11.1 Å². The Kier molecular flexibility index (Phi) is 2.27. The number of nitrogens with two attached hydrogens (primary N) is 1. The highest BCUT2D eigenvalue weighted by molar-refractivity contribution is 5.66. The molecule has 0 aliphatic carbocycles. The maximum atomic E-state index is 5.85. The molecule has 14 heavy (non-hydrogen) atoms. The average molecular weight is 186 g/mol. The van der Waals surface area contributed by atoms with Crippen molar-refractivity contribution in [2.75, 3.05) is 5.73 Å². The predicted octanol–water partition coefficient (Wildman–Crippen LogP) is 2.76. The summed E-state index contributed by atoms with van der Waals surface area (Å²) in [5.41, 5.74) is 8.25. The van der Waals surface area contributed by atoms with Crippen molar-refractivity contribution in [2.24, 2.45) is 0 Å². The van der Waals surface area contributed by atoms with E-state index < -0.39 is 0 Å². The van der Waals surface area contributed by atoms with Gasteiger partial charge in [-0.2, -0.15) is 0 Å². The Morgan fingerprint density at radius 1 is 1.14 bits per heavy atom. The van der Waals surface area contributed by atoms with Crippen LogP contribution in [0.4, 0.5) is 5.82 Å². The van der Waals surface area contributed by atoms with Crippen molar-refractivity contribution in [3.05, 3.63) is 42.6 Å². The summed E-state index contributed by atoms with van der Waals surface area (Å²) in [6.45, 7) is 3.00. The fraction of sp³-hybridized carbons (Fsp3) is 0.167. The second-order valence-corrected chi connectivity index (χ2v) is 3.31. The van der Waals surface area contributed by atoms with Gasteiger partial charge in [-0.1, -0.05) is 30.3 Å². The van der Waals surface area contributed by atoms with Gasteiger partial charge in [0.25, 0.3) is 0 Å². The summed E-state index contributed by atoms with van der Waals surface area (Å²) < 4.78 is 2.04. The van der Waals surface area contributed by atoms with E-state index in [9.17, 15) is 0 Å². The van der Waals surface area contributed by atoms with Gasteiger partial charge in [-0.25, -0.2) is 0 Å². The van der Waals surface area contributed by atoms with Crippen LogP contribution in [0.5, 0.6) is 0 Å². The predicted molar refractivity (Wildman–Crippen MR) is 60.0 cm³/mol. The van der Waals surface area contributed by atoms with Gasteiger partial charge in [-0.05, 0) is 18.6 Å². The van der Waals surface area contributed by atoms with Gasteiger partial charge in [0.15, 0.2) is 0 Å². The van der Waals surface area contributed by atoms with Crippen LogP contribution in [0.3, 0.4) is 0 Å². The number of aromatic nitrogens is 1. The van der Waals surface area contributed by atoms with Crippen molar-refractivity contribution < 1.29 is 0 Å². The lowest BCUT2D eigenvalue weighted by molar-refractivity contribution is 0.780. The van der Waals surface area contributed by atoms with Crippen LogP contribution in [0.1, 0.15) is 6.92 Å². The molecule has 0 unspecified atom stereocenters. The highest BCUT2D eigenvalue weighted by Crippen LogP contribution is 2.22. The molecule has 1 aromatic carbocycles. The lowest BCUT2D eigenvalue weighted by Gasteiger charge is -1.98. The topological polar surface area (TPSA) is 30.9 Å². The molecule has 2 rings (SSSR count). The van der Waals surface area contributed by atoms with Crippen LogP contribution >= 0.6 is 0 Å². The molecule has 0 aliphatic heterocycles. The van der Waals surface area contributed by atoms with Crippen molar-refractivity contribution in [3.63, 3.8) is 0 Å². The van der Waals surface area contributed by atoms with Gasteiger partial charge >= 0.3 is 0 Å². The number of nitrogen functional groups attached to an aromatic ring is 1. The van der Waals surface area contributed by atoms with Gasteiger partial charge in [0.1, 0.15) is 5.82 Å². The molecule has 1 aromatic heterocycles. The fourth-order valence-electron chi connectivity index (χ4n) is 1.58. The first-order chi connectivity index (χ1) is 6.81. The molecule has 72 valence electrons. The zero-order valence-electron chi connectivity index (χ0n) is 8.27. The molecule has 2 nitrogen and oxygen atoms in total. The largest absolute Gasteiger partial charge is 0.385 e. The summed E-state index contributed by atoms with van der Waals surface area (Å²) in [6.07, 6.45) is 2.09. The molecule has 0 atom stereocenters. The molecule has 1 heterocycles. The van der Waals surface area contributed by atoms with E-state index in [4.69, 9.17) is 5.73 Å². The molecule has 0 aliphatic rings. The number of hydrogen-bond acceptors (Lipinski definition) is 1. The van der Waals surface area contributed by atoms with Gasteiger partial charge in [0, 0.05) is 18.3 Å². The minimum Gasteiger partial charge on any atom is -0.385 e. The molecule has 0 saturated heterocycles.